The van der Waals surface area contributed by atoms with Gasteiger partial charge in [-0.1, -0.05) is 27.7 Å². The van der Waals surface area contributed by atoms with Crippen LogP contribution in [0.3, 0.4) is 0 Å². The van der Waals surface area contributed by atoms with Gasteiger partial charge in [0.15, 0.2) is 9.12 Å². The first-order valence-electron chi connectivity index (χ1n) is 4.99. The first-order chi connectivity index (χ1) is 5.52. The van der Waals surface area contributed by atoms with Crippen molar-refractivity contribution in [2.75, 3.05) is 13.1 Å². The molecule has 2 nitrogen and oxygen atoms in total. The third-order valence-electron chi connectivity index (χ3n) is 1.66. The average molecular weight is 188 g/mol. The lowest BCUT2D eigenvalue weighted by atomic mass is 10.2. The monoisotopic (exact) mass is 188 g/mol. The lowest BCUT2D eigenvalue weighted by Crippen LogP contribution is -2.47. The fraction of sp³-hybridized carbons (Fsp3) is 1.00. The Hall–Kier alpha value is 0.137. The van der Waals surface area contributed by atoms with E-state index >= 15 is 0 Å². The molecule has 0 saturated carbocycles. The predicted octanol–water partition coefficient (Wildman–Crippen LogP) is 1.33. The van der Waals surface area contributed by atoms with Crippen molar-refractivity contribution < 1.29 is 0 Å². The molecule has 0 rings (SSSR count). The summed E-state index contributed by atoms with van der Waals surface area (Å²) >= 11 is 0. The molecule has 3 heteroatoms. The topological polar surface area (TPSA) is 24.1 Å². The highest BCUT2D eigenvalue weighted by atomic mass is 28.3. The molecule has 0 aromatic carbocycles. The molecule has 2 N–H and O–H groups in total. The van der Waals surface area contributed by atoms with Gasteiger partial charge in [-0.25, -0.2) is 0 Å². The predicted molar refractivity (Wildman–Crippen MR) is 58.7 cm³/mol. The van der Waals surface area contributed by atoms with Crippen LogP contribution in [0.5, 0.6) is 0 Å². The standard InChI is InChI=1S/C9H24N2Si/c1-8(2)6-10-12(5)11-7-9(3)4/h8-12H,6-7H2,1-5H3. The third kappa shape index (κ3) is 8.24. The van der Waals surface area contributed by atoms with Gasteiger partial charge in [-0.2, -0.15) is 0 Å². The highest BCUT2D eigenvalue weighted by Crippen LogP contribution is 1.89. The lowest BCUT2D eigenvalue weighted by Gasteiger charge is -2.16. The zero-order valence-electron chi connectivity index (χ0n) is 9.15. The molecule has 0 unspecified atom stereocenters. The average Bonchev–Trinajstić information content (AvgIpc) is 1.96. The van der Waals surface area contributed by atoms with Gasteiger partial charge in [-0.3, -0.25) is 0 Å². The minimum Gasteiger partial charge on any atom is -0.328 e. The molecule has 0 aliphatic heterocycles. The first-order valence-corrected chi connectivity index (χ1v) is 7.30. The van der Waals surface area contributed by atoms with Crippen molar-refractivity contribution in [3.8, 4) is 0 Å². The Morgan fingerprint density at radius 3 is 1.50 bits per heavy atom. The van der Waals surface area contributed by atoms with Crippen LogP contribution in [-0.4, -0.2) is 22.2 Å². The van der Waals surface area contributed by atoms with Gasteiger partial charge in [0.05, 0.1) is 0 Å². The SMILES string of the molecule is CC(C)CN[SiH](C)NCC(C)C. The van der Waals surface area contributed by atoms with Crippen LogP contribution in [-0.2, 0) is 0 Å². The van der Waals surface area contributed by atoms with Crippen molar-refractivity contribution in [1.29, 1.82) is 0 Å². The quantitative estimate of drug-likeness (QED) is 0.615. The van der Waals surface area contributed by atoms with E-state index in [1.165, 1.54) is 0 Å². The van der Waals surface area contributed by atoms with Gasteiger partial charge >= 0.3 is 0 Å². The van der Waals surface area contributed by atoms with Crippen molar-refractivity contribution >= 4 is 9.12 Å². The summed E-state index contributed by atoms with van der Waals surface area (Å²) in [5, 5.41) is 0. The Morgan fingerprint density at radius 1 is 0.917 bits per heavy atom. The fourth-order valence-electron chi connectivity index (χ4n) is 0.897. The molecular formula is C9H24N2Si. The summed E-state index contributed by atoms with van der Waals surface area (Å²) in [5.41, 5.74) is 0. The Kier molecular flexibility index (Phi) is 6.71. The molecule has 0 aliphatic carbocycles. The number of rotatable bonds is 6. The molecule has 0 fully saturated rings. The van der Waals surface area contributed by atoms with Crippen LogP contribution in [0.2, 0.25) is 6.55 Å². The van der Waals surface area contributed by atoms with Crippen molar-refractivity contribution in [1.82, 2.24) is 9.96 Å². The normalized spacial score (nSPS) is 12.0. The molecule has 0 amide bonds. The van der Waals surface area contributed by atoms with E-state index in [0.29, 0.717) is 0 Å². The highest BCUT2D eigenvalue weighted by molar-refractivity contribution is 6.51. The summed E-state index contributed by atoms with van der Waals surface area (Å²) in [6.45, 7) is 13.6. The summed E-state index contributed by atoms with van der Waals surface area (Å²) in [6, 6.07) is 0. The van der Waals surface area contributed by atoms with Gasteiger partial charge in [-0.05, 0) is 31.5 Å². The molecule has 12 heavy (non-hydrogen) atoms. The smallest absolute Gasteiger partial charge is 0.181 e. The maximum atomic E-state index is 3.57. The van der Waals surface area contributed by atoms with Gasteiger partial charge in [0, 0.05) is 0 Å². The number of hydrogen-bond acceptors (Lipinski definition) is 2. The molecule has 0 bridgehead atoms. The summed E-state index contributed by atoms with van der Waals surface area (Å²) < 4.78 is 0. The summed E-state index contributed by atoms with van der Waals surface area (Å²) in [7, 11) is -0.814. The largest absolute Gasteiger partial charge is 0.328 e. The Bertz CT molecular complexity index is 92.7. The molecule has 74 valence electrons. The molecule has 0 spiro atoms. The minimum atomic E-state index is -0.814. The van der Waals surface area contributed by atoms with Crippen molar-refractivity contribution in [3.63, 3.8) is 0 Å². The Morgan fingerprint density at radius 2 is 1.25 bits per heavy atom. The van der Waals surface area contributed by atoms with Crippen LogP contribution in [0.1, 0.15) is 27.7 Å². The first kappa shape index (κ1) is 12.1. The molecular weight excluding hydrogens is 164 g/mol. The van der Waals surface area contributed by atoms with Crippen LogP contribution in [0, 0.1) is 11.8 Å². The van der Waals surface area contributed by atoms with Crippen molar-refractivity contribution in [3.05, 3.63) is 0 Å². The van der Waals surface area contributed by atoms with E-state index < -0.39 is 9.12 Å². The van der Waals surface area contributed by atoms with E-state index in [1.54, 1.807) is 0 Å². The van der Waals surface area contributed by atoms with E-state index in [1.807, 2.05) is 0 Å². The van der Waals surface area contributed by atoms with E-state index in [2.05, 4.69) is 44.2 Å². The second-order valence-electron chi connectivity index (χ2n) is 4.33. The molecule has 0 aromatic heterocycles. The Labute approximate surface area is 78.9 Å². The van der Waals surface area contributed by atoms with Gasteiger partial charge in [0.2, 0.25) is 0 Å². The molecule has 0 aromatic rings. The van der Waals surface area contributed by atoms with Crippen LogP contribution in [0.4, 0.5) is 0 Å². The van der Waals surface area contributed by atoms with Crippen molar-refractivity contribution in [2.24, 2.45) is 11.8 Å². The van der Waals surface area contributed by atoms with Crippen LogP contribution < -0.4 is 9.96 Å². The van der Waals surface area contributed by atoms with Gasteiger partial charge in [0.25, 0.3) is 0 Å². The lowest BCUT2D eigenvalue weighted by molar-refractivity contribution is 0.601. The highest BCUT2D eigenvalue weighted by Gasteiger charge is 2.03. The number of hydrogen-bond donors (Lipinski definition) is 2. The molecule has 0 aliphatic rings. The maximum Gasteiger partial charge on any atom is 0.181 e. The van der Waals surface area contributed by atoms with Crippen LogP contribution in [0.15, 0.2) is 0 Å². The molecule has 0 saturated heterocycles. The summed E-state index contributed by atoms with van der Waals surface area (Å²) in [4.78, 5) is 7.13. The van der Waals surface area contributed by atoms with E-state index in [-0.39, 0.29) is 0 Å². The molecule has 0 heterocycles. The number of nitrogens with one attached hydrogen (secondary N) is 2. The summed E-state index contributed by atoms with van der Waals surface area (Å²) in [6.07, 6.45) is 0. The van der Waals surface area contributed by atoms with Crippen LogP contribution in [0.25, 0.3) is 0 Å². The summed E-state index contributed by atoms with van der Waals surface area (Å²) in [5.74, 6) is 1.53. The Balaban J connectivity index is 3.27. The fourth-order valence-corrected chi connectivity index (χ4v) is 2.69. The zero-order valence-corrected chi connectivity index (χ0v) is 10.3. The van der Waals surface area contributed by atoms with Gasteiger partial charge < -0.3 is 9.96 Å². The van der Waals surface area contributed by atoms with E-state index in [9.17, 15) is 0 Å². The maximum absolute atomic E-state index is 3.57. The molecule has 0 atom stereocenters. The van der Waals surface area contributed by atoms with Gasteiger partial charge in [0.1, 0.15) is 0 Å². The van der Waals surface area contributed by atoms with E-state index in [0.717, 1.165) is 24.9 Å². The van der Waals surface area contributed by atoms with Crippen LogP contribution >= 0.6 is 0 Å². The molecule has 0 radical (unpaired) electrons. The second-order valence-corrected chi connectivity index (χ2v) is 6.59. The van der Waals surface area contributed by atoms with Crippen molar-refractivity contribution in [2.45, 2.75) is 34.2 Å². The van der Waals surface area contributed by atoms with Gasteiger partial charge in [-0.15, -0.1) is 0 Å². The second kappa shape index (κ2) is 6.63. The van der Waals surface area contributed by atoms with E-state index in [4.69, 9.17) is 0 Å². The minimum absolute atomic E-state index is 0.765. The zero-order chi connectivity index (χ0) is 9.56. The third-order valence-corrected chi connectivity index (χ3v) is 3.36.